The largest absolute Gasteiger partial charge is 0.280 e. The number of hydrogen-bond donors (Lipinski definition) is 2. The van der Waals surface area contributed by atoms with E-state index in [0.717, 1.165) is 4.90 Å². The summed E-state index contributed by atoms with van der Waals surface area (Å²) < 4.78 is 28.8. The molecule has 0 saturated carbocycles. The lowest BCUT2D eigenvalue weighted by molar-refractivity contribution is 0.600. The molecule has 0 aliphatic carbocycles. The number of sulfonamides is 1. The Kier molecular flexibility index (Phi) is 5.28. The van der Waals surface area contributed by atoms with Gasteiger partial charge in [-0.25, -0.2) is 13.4 Å². The standard InChI is InChI=1S/C14H10Br2N4O2S2/c15-9-1-6-12(16)13(7-9)24(21,22)20-10-2-4-11(5-3-10)23-14-17-8-18-19-14/h1-8,20H,(H,17,18,19). The molecule has 0 bridgehead atoms. The van der Waals surface area contributed by atoms with E-state index >= 15 is 0 Å². The van der Waals surface area contributed by atoms with Gasteiger partial charge in [0.1, 0.15) is 11.2 Å². The van der Waals surface area contributed by atoms with Crippen LogP contribution < -0.4 is 4.72 Å². The fourth-order valence-corrected chi connectivity index (χ4v) is 5.09. The van der Waals surface area contributed by atoms with Crippen LogP contribution >= 0.6 is 43.6 Å². The Bertz CT molecular complexity index is 945. The minimum atomic E-state index is -3.69. The number of benzene rings is 2. The highest BCUT2D eigenvalue weighted by Gasteiger charge is 2.18. The predicted octanol–water partition coefficient (Wildman–Crippen LogP) is 4.28. The van der Waals surface area contributed by atoms with Crippen LogP contribution in [0.3, 0.4) is 0 Å². The van der Waals surface area contributed by atoms with E-state index in [9.17, 15) is 8.42 Å². The number of anilines is 1. The van der Waals surface area contributed by atoms with Gasteiger partial charge in [-0.15, -0.1) is 0 Å². The van der Waals surface area contributed by atoms with Gasteiger partial charge in [0, 0.05) is 19.5 Å². The summed E-state index contributed by atoms with van der Waals surface area (Å²) in [5, 5.41) is 7.20. The molecular formula is C14H10Br2N4O2S2. The summed E-state index contributed by atoms with van der Waals surface area (Å²) in [7, 11) is -3.69. The first kappa shape index (κ1) is 17.5. The molecule has 0 amide bonds. The fourth-order valence-electron chi connectivity index (χ4n) is 1.84. The molecule has 0 aliphatic rings. The van der Waals surface area contributed by atoms with Crippen LogP contribution in [-0.2, 0) is 10.0 Å². The summed E-state index contributed by atoms with van der Waals surface area (Å²) in [6, 6.07) is 12.0. The molecule has 3 rings (SSSR count). The smallest absolute Gasteiger partial charge is 0.263 e. The number of aromatic amines is 1. The summed E-state index contributed by atoms with van der Waals surface area (Å²) >= 11 is 7.95. The van der Waals surface area contributed by atoms with E-state index in [1.165, 1.54) is 18.1 Å². The van der Waals surface area contributed by atoms with Crippen LogP contribution in [0.1, 0.15) is 0 Å². The van der Waals surface area contributed by atoms with Crippen molar-refractivity contribution >= 4 is 59.3 Å². The molecule has 6 nitrogen and oxygen atoms in total. The lowest BCUT2D eigenvalue weighted by Gasteiger charge is -2.10. The molecule has 1 aromatic heterocycles. The minimum absolute atomic E-state index is 0.164. The number of rotatable bonds is 5. The monoisotopic (exact) mass is 488 g/mol. The maximum Gasteiger partial charge on any atom is 0.263 e. The second-order valence-corrected chi connectivity index (χ2v) is 9.08. The first-order chi connectivity index (χ1) is 11.4. The van der Waals surface area contributed by atoms with E-state index in [4.69, 9.17) is 0 Å². The molecule has 0 spiro atoms. The Morgan fingerprint density at radius 3 is 2.50 bits per heavy atom. The molecule has 0 saturated heterocycles. The Balaban J connectivity index is 1.79. The van der Waals surface area contributed by atoms with Crippen molar-refractivity contribution < 1.29 is 8.42 Å². The molecule has 2 aromatic carbocycles. The Hall–Kier alpha value is -1.36. The molecule has 3 aromatic rings. The van der Waals surface area contributed by atoms with Crippen LogP contribution in [0, 0.1) is 0 Å². The van der Waals surface area contributed by atoms with Gasteiger partial charge in [-0.3, -0.25) is 9.82 Å². The molecule has 0 aliphatic heterocycles. The Labute approximate surface area is 159 Å². The van der Waals surface area contributed by atoms with E-state index < -0.39 is 10.0 Å². The van der Waals surface area contributed by atoms with Gasteiger partial charge in [0.05, 0.1) is 0 Å². The number of halogens is 2. The van der Waals surface area contributed by atoms with Gasteiger partial charge in [0.15, 0.2) is 5.16 Å². The Morgan fingerprint density at radius 2 is 1.83 bits per heavy atom. The molecule has 10 heteroatoms. The summed E-state index contributed by atoms with van der Waals surface area (Å²) in [6.45, 7) is 0. The van der Waals surface area contributed by atoms with Gasteiger partial charge in [-0.1, -0.05) is 27.7 Å². The zero-order chi connectivity index (χ0) is 17.2. The van der Waals surface area contributed by atoms with E-state index in [1.807, 2.05) is 0 Å². The van der Waals surface area contributed by atoms with E-state index in [2.05, 4.69) is 51.8 Å². The van der Waals surface area contributed by atoms with Gasteiger partial charge >= 0.3 is 0 Å². The third kappa shape index (κ3) is 4.18. The molecule has 24 heavy (non-hydrogen) atoms. The zero-order valence-electron chi connectivity index (χ0n) is 11.9. The minimum Gasteiger partial charge on any atom is -0.280 e. The molecule has 0 unspecified atom stereocenters. The van der Waals surface area contributed by atoms with Crippen molar-refractivity contribution in [3.63, 3.8) is 0 Å². The molecule has 0 radical (unpaired) electrons. The second kappa shape index (κ2) is 7.26. The van der Waals surface area contributed by atoms with Gasteiger partial charge in [0.25, 0.3) is 10.0 Å². The fraction of sp³-hybridized carbons (Fsp3) is 0. The molecule has 0 fully saturated rings. The summed E-state index contributed by atoms with van der Waals surface area (Å²) in [6.07, 6.45) is 1.43. The number of hydrogen-bond acceptors (Lipinski definition) is 5. The molecule has 0 atom stereocenters. The van der Waals surface area contributed by atoms with Crippen LogP contribution in [0.5, 0.6) is 0 Å². The third-order valence-corrected chi connectivity index (χ3v) is 6.66. The lowest BCUT2D eigenvalue weighted by Crippen LogP contribution is -2.13. The van der Waals surface area contributed by atoms with E-state index in [1.54, 1.807) is 42.5 Å². The first-order valence-corrected chi connectivity index (χ1v) is 10.4. The number of aromatic nitrogens is 3. The summed E-state index contributed by atoms with van der Waals surface area (Å²) in [5.74, 6) is 0. The van der Waals surface area contributed by atoms with Crippen molar-refractivity contribution in [3.05, 3.63) is 57.7 Å². The zero-order valence-corrected chi connectivity index (χ0v) is 16.7. The number of nitrogens with zero attached hydrogens (tertiary/aromatic N) is 2. The number of nitrogens with one attached hydrogen (secondary N) is 2. The lowest BCUT2D eigenvalue weighted by atomic mass is 10.3. The normalized spacial score (nSPS) is 11.4. The van der Waals surface area contributed by atoms with Crippen LogP contribution in [0.4, 0.5) is 5.69 Å². The highest BCUT2D eigenvalue weighted by atomic mass is 79.9. The Morgan fingerprint density at radius 1 is 1.08 bits per heavy atom. The van der Waals surface area contributed by atoms with Crippen molar-refractivity contribution in [2.75, 3.05) is 4.72 Å². The van der Waals surface area contributed by atoms with Gasteiger partial charge in [0.2, 0.25) is 0 Å². The average molecular weight is 490 g/mol. The van der Waals surface area contributed by atoms with Crippen molar-refractivity contribution in [2.24, 2.45) is 0 Å². The number of H-pyrrole nitrogens is 1. The maximum atomic E-state index is 12.5. The predicted molar refractivity (Wildman–Crippen MR) is 99.6 cm³/mol. The second-order valence-electron chi connectivity index (χ2n) is 4.60. The SMILES string of the molecule is O=S(=O)(Nc1ccc(Sc2ncn[nH]2)cc1)c1cc(Br)ccc1Br. The average Bonchev–Trinajstić information content (AvgIpc) is 3.04. The van der Waals surface area contributed by atoms with Crippen LogP contribution in [0.2, 0.25) is 0 Å². The van der Waals surface area contributed by atoms with Crippen LogP contribution in [0.25, 0.3) is 0 Å². The van der Waals surface area contributed by atoms with Gasteiger partial charge in [-0.2, -0.15) is 5.10 Å². The van der Waals surface area contributed by atoms with Crippen molar-refractivity contribution in [3.8, 4) is 0 Å². The summed E-state index contributed by atoms with van der Waals surface area (Å²) in [4.78, 5) is 5.11. The third-order valence-electron chi connectivity index (χ3n) is 2.90. The van der Waals surface area contributed by atoms with Crippen molar-refractivity contribution in [1.82, 2.24) is 15.2 Å². The molecule has 1 heterocycles. The highest BCUT2D eigenvalue weighted by molar-refractivity contribution is 9.11. The molecular weight excluding hydrogens is 480 g/mol. The molecule has 2 N–H and O–H groups in total. The van der Waals surface area contributed by atoms with E-state index in [-0.39, 0.29) is 4.90 Å². The van der Waals surface area contributed by atoms with Gasteiger partial charge in [-0.05, 0) is 58.4 Å². The van der Waals surface area contributed by atoms with E-state index in [0.29, 0.717) is 19.8 Å². The van der Waals surface area contributed by atoms with Crippen LogP contribution in [0.15, 0.2) is 72.7 Å². The molecule has 124 valence electrons. The summed E-state index contributed by atoms with van der Waals surface area (Å²) in [5.41, 5.74) is 0.476. The van der Waals surface area contributed by atoms with Crippen LogP contribution in [-0.4, -0.2) is 23.6 Å². The van der Waals surface area contributed by atoms with Crippen molar-refractivity contribution in [1.29, 1.82) is 0 Å². The van der Waals surface area contributed by atoms with Crippen molar-refractivity contribution in [2.45, 2.75) is 14.9 Å². The quantitative estimate of drug-likeness (QED) is 0.558. The first-order valence-electron chi connectivity index (χ1n) is 6.55. The highest BCUT2D eigenvalue weighted by Crippen LogP contribution is 2.29. The maximum absolute atomic E-state index is 12.5. The topological polar surface area (TPSA) is 87.7 Å². The van der Waals surface area contributed by atoms with Gasteiger partial charge < -0.3 is 0 Å².